The molecule has 0 aliphatic rings. The van der Waals surface area contributed by atoms with Crippen molar-refractivity contribution in [1.29, 1.82) is 0 Å². The predicted octanol–water partition coefficient (Wildman–Crippen LogP) is 3.03. The summed E-state index contributed by atoms with van der Waals surface area (Å²) in [7, 11) is -7.96. The van der Waals surface area contributed by atoms with E-state index in [2.05, 4.69) is 15.2 Å². The molecule has 0 saturated carbocycles. The molecule has 0 aromatic heterocycles. The Balaban J connectivity index is 1.70. The van der Waals surface area contributed by atoms with Gasteiger partial charge in [-0.2, -0.15) is 21.9 Å². The van der Waals surface area contributed by atoms with Crippen molar-refractivity contribution < 1.29 is 25.8 Å². The first-order valence-corrected chi connectivity index (χ1v) is 12.5. The van der Waals surface area contributed by atoms with Gasteiger partial charge in [0.25, 0.3) is 10.0 Å². The third kappa shape index (κ3) is 6.64. The van der Waals surface area contributed by atoms with E-state index < -0.39 is 20.1 Å². The molecule has 3 aromatic rings. The third-order valence-electron chi connectivity index (χ3n) is 4.25. The molecule has 0 saturated heterocycles. The molecule has 0 aliphatic heterocycles. The van der Waals surface area contributed by atoms with E-state index in [9.17, 15) is 21.6 Å². The first-order chi connectivity index (χ1) is 15.5. The maximum Gasteiger partial charge on any atom is 0.339 e. The summed E-state index contributed by atoms with van der Waals surface area (Å²) in [6, 6.07) is 17.8. The van der Waals surface area contributed by atoms with E-state index >= 15 is 0 Å². The van der Waals surface area contributed by atoms with Crippen LogP contribution in [0.3, 0.4) is 0 Å². The van der Waals surface area contributed by atoms with Gasteiger partial charge in [0, 0.05) is 12.6 Å². The Kier molecular flexibility index (Phi) is 7.14. The largest absolute Gasteiger partial charge is 0.379 e. The van der Waals surface area contributed by atoms with Gasteiger partial charge in [-0.15, -0.1) is 0 Å². The molecule has 33 heavy (non-hydrogen) atoms. The van der Waals surface area contributed by atoms with Gasteiger partial charge in [0.05, 0.1) is 11.1 Å². The van der Waals surface area contributed by atoms with Crippen LogP contribution in [0.4, 0.5) is 5.69 Å². The maximum atomic E-state index is 12.5. The number of benzene rings is 3. The quantitative estimate of drug-likeness (QED) is 0.285. The summed E-state index contributed by atoms with van der Waals surface area (Å²) in [5.74, 6) is -0.257. The molecular formula is C22H21N3O6S2. The van der Waals surface area contributed by atoms with E-state index in [4.69, 9.17) is 4.18 Å². The fourth-order valence-electron chi connectivity index (χ4n) is 2.67. The van der Waals surface area contributed by atoms with E-state index in [1.807, 2.05) is 6.92 Å². The second kappa shape index (κ2) is 9.84. The van der Waals surface area contributed by atoms with Crippen LogP contribution in [0.25, 0.3) is 0 Å². The number of anilines is 1. The number of rotatable bonds is 8. The highest BCUT2D eigenvalue weighted by molar-refractivity contribution is 7.89. The Morgan fingerprint density at radius 1 is 0.909 bits per heavy atom. The van der Waals surface area contributed by atoms with Crippen LogP contribution in [0.5, 0.6) is 5.75 Å². The van der Waals surface area contributed by atoms with Gasteiger partial charge >= 0.3 is 10.1 Å². The zero-order valence-corrected chi connectivity index (χ0v) is 19.4. The molecule has 2 N–H and O–H groups in total. The van der Waals surface area contributed by atoms with Gasteiger partial charge in [0.15, 0.2) is 0 Å². The van der Waals surface area contributed by atoms with Crippen molar-refractivity contribution in [3.05, 3.63) is 83.9 Å². The second-order valence-electron chi connectivity index (χ2n) is 6.98. The first-order valence-electron chi connectivity index (χ1n) is 9.59. The van der Waals surface area contributed by atoms with Crippen LogP contribution in [0.2, 0.25) is 0 Å². The Morgan fingerprint density at radius 2 is 1.55 bits per heavy atom. The summed E-state index contributed by atoms with van der Waals surface area (Å²) >= 11 is 0. The zero-order valence-electron chi connectivity index (χ0n) is 17.7. The van der Waals surface area contributed by atoms with Gasteiger partial charge in [-0.25, -0.2) is 4.83 Å². The lowest BCUT2D eigenvalue weighted by molar-refractivity contribution is -0.114. The van der Waals surface area contributed by atoms with Crippen molar-refractivity contribution in [1.82, 2.24) is 4.83 Å². The number of hydrogen-bond acceptors (Lipinski definition) is 7. The predicted molar refractivity (Wildman–Crippen MR) is 124 cm³/mol. The number of nitrogens with zero attached hydrogens (tertiary/aromatic N) is 1. The van der Waals surface area contributed by atoms with Gasteiger partial charge in [0.2, 0.25) is 5.91 Å². The topological polar surface area (TPSA) is 131 Å². The van der Waals surface area contributed by atoms with Gasteiger partial charge in [-0.3, -0.25) is 4.79 Å². The number of hydrazone groups is 1. The highest BCUT2D eigenvalue weighted by atomic mass is 32.2. The number of amides is 1. The van der Waals surface area contributed by atoms with Crippen LogP contribution in [-0.2, 0) is 24.9 Å². The van der Waals surface area contributed by atoms with E-state index in [-0.39, 0.29) is 21.4 Å². The summed E-state index contributed by atoms with van der Waals surface area (Å²) in [4.78, 5) is 13.2. The highest BCUT2D eigenvalue weighted by Crippen LogP contribution is 2.21. The van der Waals surface area contributed by atoms with Crippen LogP contribution < -0.4 is 14.3 Å². The SMILES string of the molecule is CC(=O)Nc1ccc(S(=O)(=O)Oc2cccc(C=NNS(=O)(=O)c3ccc(C)cc3)c2)cc1. The lowest BCUT2D eigenvalue weighted by Crippen LogP contribution is -2.18. The molecule has 0 heterocycles. The van der Waals surface area contributed by atoms with Crippen molar-refractivity contribution in [3.8, 4) is 5.75 Å². The molecule has 9 nitrogen and oxygen atoms in total. The third-order valence-corrected chi connectivity index (χ3v) is 6.75. The number of carbonyl (C=O) groups is 1. The maximum absolute atomic E-state index is 12.5. The Labute approximate surface area is 192 Å². The van der Waals surface area contributed by atoms with Crippen LogP contribution in [0.1, 0.15) is 18.1 Å². The van der Waals surface area contributed by atoms with Crippen molar-refractivity contribution in [3.63, 3.8) is 0 Å². The van der Waals surface area contributed by atoms with Gasteiger partial charge < -0.3 is 9.50 Å². The average molecular weight is 488 g/mol. The van der Waals surface area contributed by atoms with E-state index in [0.29, 0.717) is 11.3 Å². The molecule has 0 radical (unpaired) electrons. The fourth-order valence-corrected chi connectivity index (χ4v) is 4.38. The summed E-state index contributed by atoms with van der Waals surface area (Å²) in [6.45, 7) is 3.19. The smallest absolute Gasteiger partial charge is 0.339 e. The average Bonchev–Trinajstić information content (AvgIpc) is 2.74. The van der Waals surface area contributed by atoms with Gasteiger partial charge in [-0.05, 0) is 61.0 Å². The number of hydrogen-bond donors (Lipinski definition) is 2. The van der Waals surface area contributed by atoms with E-state index in [1.165, 1.54) is 61.7 Å². The molecule has 0 fully saturated rings. The summed E-state index contributed by atoms with van der Waals surface area (Å²) in [6.07, 6.45) is 1.23. The number of aryl methyl sites for hydroxylation is 1. The van der Waals surface area contributed by atoms with Crippen LogP contribution in [0, 0.1) is 6.92 Å². The molecule has 0 bridgehead atoms. The molecule has 172 valence electrons. The standard InChI is InChI=1S/C22H21N3O6S2/c1-16-6-10-21(11-7-16)32(27,28)25-23-15-18-4-3-5-20(14-18)31-33(29,30)22-12-8-19(9-13-22)24-17(2)26/h3-15,25H,1-2H3,(H,24,26). The summed E-state index contributed by atoms with van der Waals surface area (Å²) in [5.41, 5.74) is 1.79. The monoisotopic (exact) mass is 487 g/mol. The minimum absolute atomic E-state index is 0.0197. The number of sulfonamides is 1. The van der Waals surface area contributed by atoms with Crippen LogP contribution in [-0.4, -0.2) is 29.0 Å². The normalized spacial score (nSPS) is 11.8. The van der Waals surface area contributed by atoms with Gasteiger partial charge in [0.1, 0.15) is 10.6 Å². The van der Waals surface area contributed by atoms with Crippen molar-refractivity contribution in [2.45, 2.75) is 23.6 Å². The fraction of sp³-hybridized carbons (Fsp3) is 0.0909. The minimum Gasteiger partial charge on any atom is -0.379 e. The molecule has 3 rings (SSSR count). The Morgan fingerprint density at radius 3 is 2.18 bits per heavy atom. The molecule has 11 heteroatoms. The second-order valence-corrected chi connectivity index (χ2v) is 10.2. The van der Waals surface area contributed by atoms with Crippen LogP contribution in [0.15, 0.2) is 87.7 Å². The summed E-state index contributed by atoms with van der Waals surface area (Å²) in [5, 5.41) is 6.28. The Bertz CT molecular complexity index is 1380. The minimum atomic E-state index is -4.13. The van der Waals surface area contributed by atoms with E-state index in [0.717, 1.165) is 5.56 Å². The van der Waals surface area contributed by atoms with Crippen LogP contribution >= 0.6 is 0 Å². The van der Waals surface area contributed by atoms with E-state index in [1.54, 1.807) is 24.3 Å². The first kappa shape index (κ1) is 24.0. The van der Waals surface area contributed by atoms with Crippen molar-refractivity contribution in [2.24, 2.45) is 5.10 Å². The van der Waals surface area contributed by atoms with Crippen molar-refractivity contribution in [2.75, 3.05) is 5.32 Å². The molecule has 0 aliphatic carbocycles. The molecule has 0 unspecified atom stereocenters. The number of carbonyl (C=O) groups excluding carboxylic acids is 1. The lowest BCUT2D eigenvalue weighted by Gasteiger charge is -2.08. The molecule has 0 atom stereocenters. The number of nitrogens with one attached hydrogen (secondary N) is 2. The van der Waals surface area contributed by atoms with Crippen molar-refractivity contribution >= 4 is 38.0 Å². The lowest BCUT2D eigenvalue weighted by atomic mass is 10.2. The molecule has 3 aromatic carbocycles. The molecule has 1 amide bonds. The van der Waals surface area contributed by atoms with Gasteiger partial charge in [-0.1, -0.05) is 29.8 Å². The Hall–Kier alpha value is -3.70. The summed E-state index contributed by atoms with van der Waals surface area (Å²) < 4.78 is 54.8. The molecule has 0 spiro atoms. The zero-order chi connectivity index (χ0) is 24.1. The molecular weight excluding hydrogens is 466 g/mol. The highest BCUT2D eigenvalue weighted by Gasteiger charge is 2.17.